The van der Waals surface area contributed by atoms with E-state index in [1.807, 2.05) is 0 Å². The largest absolute Gasteiger partial charge is 0.385 e. The van der Waals surface area contributed by atoms with Gasteiger partial charge in [0.2, 0.25) is 0 Å². The molecule has 0 spiro atoms. The number of anilines is 1. The first-order valence-electron chi connectivity index (χ1n) is 5.40. The molecule has 96 valence electrons. The first-order valence-corrected chi connectivity index (χ1v) is 6.19. The van der Waals surface area contributed by atoms with E-state index in [0.29, 0.717) is 29.7 Å². The molecule has 4 nitrogen and oxygen atoms in total. The number of nitrogens with zero attached hydrogens (tertiary/aromatic N) is 1. The third-order valence-corrected chi connectivity index (χ3v) is 3.32. The van der Waals surface area contributed by atoms with Crippen LogP contribution in [-0.4, -0.2) is 32.0 Å². The van der Waals surface area contributed by atoms with Crippen LogP contribution in [0.3, 0.4) is 0 Å². The van der Waals surface area contributed by atoms with Crippen LogP contribution in [0, 0.1) is 5.82 Å². The number of Topliss-reactive ketones (excluding diaryl/α,β-unsaturated/α-hetero) is 1. The zero-order chi connectivity index (χ0) is 13.3. The number of ether oxygens (including phenoxy) is 1. The topological polar surface area (TPSA) is 46.6 Å². The smallest absolute Gasteiger partial charge is 0.299 e. The van der Waals surface area contributed by atoms with Gasteiger partial charge in [0.1, 0.15) is 5.82 Å². The maximum Gasteiger partial charge on any atom is 0.299 e. The van der Waals surface area contributed by atoms with Gasteiger partial charge in [0.05, 0.1) is 11.3 Å². The van der Waals surface area contributed by atoms with Crippen molar-refractivity contribution in [2.45, 2.75) is 6.42 Å². The van der Waals surface area contributed by atoms with Crippen LogP contribution in [0.25, 0.3) is 0 Å². The molecule has 1 aromatic carbocycles. The SMILES string of the molecule is COCCCN1C(=O)C(=O)c2cc(F)cc(Br)c21. The maximum atomic E-state index is 13.2. The summed E-state index contributed by atoms with van der Waals surface area (Å²) in [4.78, 5) is 24.9. The number of hydrogen-bond acceptors (Lipinski definition) is 3. The molecule has 1 aliphatic rings. The van der Waals surface area contributed by atoms with Crippen molar-refractivity contribution < 1.29 is 18.7 Å². The molecule has 0 unspecified atom stereocenters. The lowest BCUT2D eigenvalue weighted by Gasteiger charge is -2.17. The van der Waals surface area contributed by atoms with Crippen LogP contribution >= 0.6 is 15.9 Å². The lowest BCUT2D eigenvalue weighted by atomic mass is 10.1. The first kappa shape index (κ1) is 13.2. The molecule has 6 heteroatoms. The van der Waals surface area contributed by atoms with E-state index >= 15 is 0 Å². The molecule has 0 saturated carbocycles. The highest BCUT2D eigenvalue weighted by Gasteiger charge is 2.37. The fraction of sp³-hybridized carbons (Fsp3) is 0.333. The van der Waals surface area contributed by atoms with Crippen molar-refractivity contribution >= 4 is 33.3 Å². The molecule has 0 aliphatic carbocycles. The quantitative estimate of drug-likeness (QED) is 0.632. The van der Waals surface area contributed by atoms with Crippen molar-refractivity contribution in [3.8, 4) is 0 Å². The summed E-state index contributed by atoms with van der Waals surface area (Å²) in [5.74, 6) is -1.82. The molecule has 0 aromatic heterocycles. The van der Waals surface area contributed by atoms with Gasteiger partial charge in [-0.1, -0.05) is 0 Å². The Morgan fingerprint density at radius 2 is 2.11 bits per heavy atom. The number of ketones is 1. The van der Waals surface area contributed by atoms with Crippen LogP contribution in [0.2, 0.25) is 0 Å². The number of rotatable bonds is 4. The monoisotopic (exact) mass is 315 g/mol. The zero-order valence-corrected chi connectivity index (χ0v) is 11.3. The Morgan fingerprint density at radius 1 is 1.39 bits per heavy atom. The molecule has 1 heterocycles. The molecule has 1 amide bonds. The number of fused-ring (bicyclic) bond motifs is 1. The summed E-state index contributed by atoms with van der Waals surface area (Å²) in [5, 5.41) is 0. The van der Waals surface area contributed by atoms with E-state index in [2.05, 4.69) is 15.9 Å². The Balaban J connectivity index is 2.36. The van der Waals surface area contributed by atoms with Gasteiger partial charge in [-0.2, -0.15) is 0 Å². The molecular weight excluding hydrogens is 305 g/mol. The van der Waals surface area contributed by atoms with Crippen LogP contribution in [-0.2, 0) is 9.53 Å². The van der Waals surface area contributed by atoms with Crippen LogP contribution in [0.15, 0.2) is 16.6 Å². The highest BCUT2D eigenvalue weighted by molar-refractivity contribution is 9.10. The number of benzene rings is 1. The Morgan fingerprint density at radius 3 is 2.78 bits per heavy atom. The molecule has 18 heavy (non-hydrogen) atoms. The number of hydrogen-bond donors (Lipinski definition) is 0. The number of amides is 1. The van der Waals surface area contributed by atoms with E-state index < -0.39 is 17.5 Å². The van der Waals surface area contributed by atoms with Crippen molar-refractivity contribution in [2.75, 3.05) is 25.2 Å². The van der Waals surface area contributed by atoms with Crippen LogP contribution in [0.1, 0.15) is 16.8 Å². The van der Waals surface area contributed by atoms with Crippen LogP contribution < -0.4 is 4.90 Å². The van der Waals surface area contributed by atoms with Crippen molar-refractivity contribution in [1.82, 2.24) is 0 Å². The van der Waals surface area contributed by atoms with Crippen molar-refractivity contribution in [3.63, 3.8) is 0 Å². The van der Waals surface area contributed by atoms with E-state index in [9.17, 15) is 14.0 Å². The molecular formula is C12H11BrFNO3. The fourth-order valence-corrected chi connectivity index (χ4v) is 2.58. The van der Waals surface area contributed by atoms with Gasteiger partial charge in [-0.05, 0) is 34.5 Å². The lowest BCUT2D eigenvalue weighted by molar-refractivity contribution is -0.114. The minimum Gasteiger partial charge on any atom is -0.385 e. The summed E-state index contributed by atoms with van der Waals surface area (Å²) in [6.07, 6.45) is 0.610. The molecule has 0 atom stereocenters. The highest BCUT2D eigenvalue weighted by Crippen LogP contribution is 2.36. The minimum absolute atomic E-state index is 0.115. The lowest BCUT2D eigenvalue weighted by Crippen LogP contribution is -2.31. The van der Waals surface area contributed by atoms with Crippen molar-refractivity contribution in [2.24, 2.45) is 0 Å². The normalized spacial score (nSPS) is 14.3. The second-order valence-electron chi connectivity index (χ2n) is 3.92. The Kier molecular flexibility index (Phi) is 3.77. The van der Waals surface area contributed by atoms with Crippen LogP contribution in [0.4, 0.5) is 10.1 Å². The fourth-order valence-electron chi connectivity index (χ4n) is 1.93. The molecule has 0 N–H and O–H groups in total. The minimum atomic E-state index is -0.664. The van der Waals surface area contributed by atoms with E-state index in [4.69, 9.17) is 4.74 Å². The standard InChI is InChI=1S/C12H11BrFNO3/c1-18-4-2-3-15-10-8(11(16)12(15)17)5-7(14)6-9(10)13/h5-6H,2-4H2,1H3. The summed E-state index contributed by atoms with van der Waals surface area (Å²) >= 11 is 3.19. The number of methoxy groups -OCH3 is 1. The molecule has 0 fully saturated rings. The predicted molar refractivity (Wildman–Crippen MR) is 67.3 cm³/mol. The van der Waals surface area contributed by atoms with Gasteiger partial charge in [0.15, 0.2) is 0 Å². The number of halogens is 2. The van der Waals surface area contributed by atoms with E-state index in [1.165, 1.54) is 11.0 Å². The van der Waals surface area contributed by atoms with Gasteiger partial charge in [0.25, 0.3) is 11.7 Å². The van der Waals surface area contributed by atoms with Gasteiger partial charge in [-0.25, -0.2) is 4.39 Å². The number of carbonyl (C=O) groups excluding carboxylic acids is 2. The van der Waals surface area contributed by atoms with E-state index in [0.717, 1.165) is 6.07 Å². The van der Waals surface area contributed by atoms with Gasteiger partial charge in [-0.3, -0.25) is 9.59 Å². The van der Waals surface area contributed by atoms with Crippen LogP contribution in [0.5, 0.6) is 0 Å². The Hall–Kier alpha value is -1.27. The molecule has 0 bridgehead atoms. The molecule has 1 aromatic rings. The van der Waals surface area contributed by atoms with Crippen molar-refractivity contribution in [1.29, 1.82) is 0 Å². The maximum absolute atomic E-state index is 13.2. The second kappa shape index (κ2) is 5.16. The van der Waals surface area contributed by atoms with E-state index in [1.54, 1.807) is 7.11 Å². The Labute approximate surface area is 112 Å². The zero-order valence-electron chi connectivity index (χ0n) is 9.70. The summed E-state index contributed by atoms with van der Waals surface area (Å²) in [5.41, 5.74) is 0.562. The molecule has 2 rings (SSSR count). The Bertz CT molecular complexity index is 518. The third-order valence-electron chi connectivity index (χ3n) is 2.71. The van der Waals surface area contributed by atoms with Gasteiger partial charge in [0, 0.05) is 24.7 Å². The summed E-state index contributed by atoms with van der Waals surface area (Å²) in [6.45, 7) is 0.863. The number of carbonyl (C=O) groups is 2. The first-order chi connectivity index (χ1) is 8.56. The summed E-state index contributed by atoms with van der Waals surface area (Å²) in [6, 6.07) is 2.34. The van der Waals surface area contributed by atoms with Gasteiger partial charge >= 0.3 is 0 Å². The molecule has 0 saturated heterocycles. The highest BCUT2D eigenvalue weighted by atomic mass is 79.9. The van der Waals surface area contributed by atoms with Crippen molar-refractivity contribution in [3.05, 3.63) is 28.0 Å². The average Bonchev–Trinajstić information content (AvgIpc) is 2.55. The van der Waals surface area contributed by atoms with Gasteiger partial charge < -0.3 is 9.64 Å². The summed E-state index contributed by atoms with van der Waals surface area (Å²) in [7, 11) is 1.57. The second-order valence-corrected chi connectivity index (χ2v) is 4.77. The molecule has 1 aliphatic heterocycles. The predicted octanol–water partition coefficient (Wildman–Crippen LogP) is 2.15. The third kappa shape index (κ3) is 2.18. The van der Waals surface area contributed by atoms with E-state index in [-0.39, 0.29) is 5.56 Å². The molecule has 0 radical (unpaired) electrons. The average molecular weight is 316 g/mol. The summed E-state index contributed by atoms with van der Waals surface area (Å²) < 4.78 is 18.5. The van der Waals surface area contributed by atoms with Gasteiger partial charge in [-0.15, -0.1) is 0 Å².